The standard InChI is InChI=1S/C21H31NO3/c1-3-4-5-6-7-8-9-14-22-19-17(2)12-10-13-18(19)21(20(22)23)24-15-11-16-25-21/h10,12-13H,3-9,11,14-16H2,1-2H3. The lowest BCUT2D eigenvalue weighted by Gasteiger charge is -2.32. The maximum atomic E-state index is 13.2. The second-order valence-corrected chi connectivity index (χ2v) is 7.22. The van der Waals surface area contributed by atoms with E-state index in [1.165, 1.54) is 38.5 Å². The topological polar surface area (TPSA) is 38.8 Å². The van der Waals surface area contributed by atoms with Crippen LogP contribution in [0.25, 0.3) is 0 Å². The summed E-state index contributed by atoms with van der Waals surface area (Å²) in [6.07, 6.45) is 9.52. The van der Waals surface area contributed by atoms with E-state index in [1.807, 2.05) is 17.0 Å². The number of hydrogen-bond donors (Lipinski definition) is 0. The third-order valence-electron chi connectivity index (χ3n) is 5.27. The number of ether oxygens (including phenoxy) is 2. The molecule has 1 amide bonds. The number of rotatable bonds is 8. The highest BCUT2D eigenvalue weighted by atomic mass is 16.7. The highest BCUT2D eigenvalue weighted by Crippen LogP contribution is 2.46. The average molecular weight is 345 g/mol. The summed E-state index contributed by atoms with van der Waals surface area (Å²) in [5.74, 6) is -1.23. The molecule has 1 fully saturated rings. The first-order valence-corrected chi connectivity index (χ1v) is 9.90. The van der Waals surface area contributed by atoms with Crippen LogP contribution in [0.1, 0.15) is 69.4 Å². The van der Waals surface area contributed by atoms with Gasteiger partial charge in [0.05, 0.1) is 18.9 Å². The molecule has 138 valence electrons. The molecule has 0 aliphatic carbocycles. The molecule has 0 unspecified atom stereocenters. The summed E-state index contributed by atoms with van der Waals surface area (Å²) in [7, 11) is 0. The summed E-state index contributed by atoms with van der Waals surface area (Å²) in [6, 6.07) is 6.03. The van der Waals surface area contributed by atoms with Crippen LogP contribution < -0.4 is 4.90 Å². The Bertz CT molecular complexity index is 593. The highest BCUT2D eigenvalue weighted by Gasteiger charge is 2.55. The van der Waals surface area contributed by atoms with Gasteiger partial charge in [0.2, 0.25) is 0 Å². The molecule has 3 rings (SSSR count). The van der Waals surface area contributed by atoms with Gasteiger partial charge in [-0.1, -0.05) is 63.6 Å². The first-order chi connectivity index (χ1) is 12.2. The molecule has 4 nitrogen and oxygen atoms in total. The van der Waals surface area contributed by atoms with E-state index in [4.69, 9.17) is 9.47 Å². The number of amides is 1. The second kappa shape index (κ2) is 8.33. The summed E-state index contributed by atoms with van der Waals surface area (Å²) in [6.45, 7) is 6.20. The van der Waals surface area contributed by atoms with Crippen LogP contribution in [-0.4, -0.2) is 25.7 Å². The fraction of sp³-hybridized carbons (Fsp3) is 0.667. The van der Waals surface area contributed by atoms with Crippen molar-refractivity contribution in [3.05, 3.63) is 29.3 Å². The molecule has 0 bridgehead atoms. The fourth-order valence-electron chi connectivity index (χ4n) is 3.93. The van der Waals surface area contributed by atoms with Gasteiger partial charge in [0.1, 0.15) is 0 Å². The van der Waals surface area contributed by atoms with Crippen molar-refractivity contribution in [2.45, 2.75) is 71.0 Å². The van der Waals surface area contributed by atoms with Crippen molar-refractivity contribution < 1.29 is 14.3 Å². The van der Waals surface area contributed by atoms with Crippen molar-refractivity contribution in [1.82, 2.24) is 0 Å². The zero-order valence-corrected chi connectivity index (χ0v) is 15.7. The predicted molar refractivity (Wildman–Crippen MR) is 99.7 cm³/mol. The number of carbonyl (C=O) groups excluding carboxylic acids is 1. The Morgan fingerprint density at radius 2 is 1.72 bits per heavy atom. The van der Waals surface area contributed by atoms with Gasteiger partial charge in [-0.15, -0.1) is 0 Å². The van der Waals surface area contributed by atoms with Gasteiger partial charge >= 0.3 is 0 Å². The van der Waals surface area contributed by atoms with Crippen LogP contribution in [-0.2, 0) is 20.1 Å². The van der Waals surface area contributed by atoms with E-state index in [0.29, 0.717) is 13.2 Å². The van der Waals surface area contributed by atoms with E-state index in [-0.39, 0.29) is 5.91 Å². The maximum Gasteiger partial charge on any atom is 0.292 e. The van der Waals surface area contributed by atoms with E-state index in [1.54, 1.807) is 0 Å². The number of aryl methyl sites for hydroxylation is 1. The van der Waals surface area contributed by atoms with E-state index < -0.39 is 5.79 Å². The molecule has 1 aromatic rings. The molecule has 0 atom stereocenters. The van der Waals surface area contributed by atoms with E-state index in [2.05, 4.69) is 19.9 Å². The maximum absolute atomic E-state index is 13.2. The zero-order chi connectivity index (χ0) is 17.7. The molecule has 0 N–H and O–H groups in total. The first-order valence-electron chi connectivity index (χ1n) is 9.90. The lowest BCUT2D eigenvalue weighted by atomic mass is 10.0. The SMILES string of the molecule is CCCCCCCCCN1C(=O)C2(OCCCO2)c2cccc(C)c21. The molecule has 2 aliphatic heterocycles. The molecular formula is C21H31NO3. The number of hydrogen-bond acceptors (Lipinski definition) is 3. The third-order valence-corrected chi connectivity index (χ3v) is 5.27. The summed E-state index contributed by atoms with van der Waals surface area (Å²) >= 11 is 0. The predicted octanol–water partition coefficient (Wildman–Crippen LogP) is 4.68. The van der Waals surface area contributed by atoms with Gasteiger partial charge in [0.15, 0.2) is 0 Å². The fourth-order valence-corrected chi connectivity index (χ4v) is 3.93. The van der Waals surface area contributed by atoms with Gasteiger partial charge in [0.25, 0.3) is 11.7 Å². The Morgan fingerprint density at radius 1 is 1.04 bits per heavy atom. The summed E-state index contributed by atoms with van der Waals surface area (Å²) in [5, 5.41) is 0. The molecule has 1 aromatic carbocycles. The molecule has 2 aliphatic rings. The summed E-state index contributed by atoms with van der Waals surface area (Å²) in [4.78, 5) is 15.1. The zero-order valence-electron chi connectivity index (χ0n) is 15.7. The van der Waals surface area contributed by atoms with Crippen LogP contribution in [0.15, 0.2) is 18.2 Å². The Labute approximate surface area is 151 Å². The van der Waals surface area contributed by atoms with Crippen molar-refractivity contribution in [2.75, 3.05) is 24.7 Å². The minimum Gasteiger partial charge on any atom is -0.338 e. The highest BCUT2D eigenvalue weighted by molar-refractivity contribution is 6.06. The van der Waals surface area contributed by atoms with E-state index in [0.717, 1.165) is 36.2 Å². The van der Waals surface area contributed by atoms with Gasteiger partial charge in [0, 0.05) is 12.1 Å². The molecule has 1 saturated heterocycles. The lowest BCUT2D eigenvalue weighted by Crippen LogP contribution is -2.47. The van der Waals surface area contributed by atoms with Crippen LogP contribution in [0.3, 0.4) is 0 Å². The first kappa shape index (κ1) is 18.4. The number of unbranched alkanes of at least 4 members (excludes halogenated alkanes) is 6. The number of para-hydroxylation sites is 1. The number of fused-ring (bicyclic) bond motifs is 2. The normalized spacial score (nSPS) is 18.8. The second-order valence-electron chi connectivity index (χ2n) is 7.22. The van der Waals surface area contributed by atoms with Crippen molar-refractivity contribution in [3.63, 3.8) is 0 Å². The lowest BCUT2D eigenvalue weighted by molar-refractivity contribution is -0.256. The van der Waals surface area contributed by atoms with E-state index in [9.17, 15) is 4.79 Å². The van der Waals surface area contributed by atoms with Gasteiger partial charge in [-0.3, -0.25) is 4.79 Å². The van der Waals surface area contributed by atoms with Gasteiger partial charge in [-0.2, -0.15) is 0 Å². The summed E-state index contributed by atoms with van der Waals surface area (Å²) < 4.78 is 11.8. The quantitative estimate of drug-likeness (QED) is 0.642. The minimum absolute atomic E-state index is 0.0394. The van der Waals surface area contributed by atoms with Crippen molar-refractivity contribution in [2.24, 2.45) is 0 Å². The van der Waals surface area contributed by atoms with Crippen LogP contribution in [0.2, 0.25) is 0 Å². The Balaban J connectivity index is 1.67. The van der Waals surface area contributed by atoms with Crippen molar-refractivity contribution >= 4 is 11.6 Å². The molecular weight excluding hydrogens is 314 g/mol. The van der Waals surface area contributed by atoms with Crippen LogP contribution in [0, 0.1) is 6.92 Å². The number of carbonyl (C=O) groups is 1. The number of benzene rings is 1. The molecule has 2 heterocycles. The Kier molecular flexibility index (Phi) is 6.13. The molecule has 0 radical (unpaired) electrons. The Hall–Kier alpha value is -1.39. The molecule has 0 aromatic heterocycles. The number of nitrogens with zero attached hydrogens (tertiary/aromatic N) is 1. The van der Waals surface area contributed by atoms with Crippen LogP contribution in [0.4, 0.5) is 5.69 Å². The smallest absolute Gasteiger partial charge is 0.292 e. The Morgan fingerprint density at radius 3 is 2.44 bits per heavy atom. The molecule has 25 heavy (non-hydrogen) atoms. The van der Waals surface area contributed by atoms with Crippen LogP contribution in [0.5, 0.6) is 0 Å². The van der Waals surface area contributed by atoms with Gasteiger partial charge in [-0.25, -0.2) is 0 Å². The van der Waals surface area contributed by atoms with E-state index >= 15 is 0 Å². The van der Waals surface area contributed by atoms with Gasteiger partial charge < -0.3 is 14.4 Å². The van der Waals surface area contributed by atoms with Crippen molar-refractivity contribution in [1.29, 1.82) is 0 Å². The molecule has 4 heteroatoms. The van der Waals surface area contributed by atoms with Crippen molar-refractivity contribution in [3.8, 4) is 0 Å². The third kappa shape index (κ3) is 3.61. The largest absolute Gasteiger partial charge is 0.338 e. The molecule has 0 saturated carbocycles. The molecule has 1 spiro atoms. The number of anilines is 1. The summed E-state index contributed by atoms with van der Waals surface area (Å²) in [5.41, 5.74) is 3.00. The van der Waals surface area contributed by atoms with Gasteiger partial charge in [-0.05, 0) is 25.3 Å². The van der Waals surface area contributed by atoms with Crippen LogP contribution >= 0.6 is 0 Å². The minimum atomic E-state index is -1.19. The average Bonchev–Trinajstić information content (AvgIpc) is 2.85. The monoisotopic (exact) mass is 345 g/mol.